The Hall–Kier alpha value is -0.840. The Balaban J connectivity index is 2.11. The van der Waals surface area contributed by atoms with Crippen LogP contribution < -0.4 is 0 Å². The molecule has 1 aromatic heterocycles. The minimum atomic E-state index is 0.590. The van der Waals surface area contributed by atoms with Crippen molar-refractivity contribution in [3.8, 4) is 0 Å². The first-order chi connectivity index (χ1) is 9.54. The molecule has 20 heavy (non-hydrogen) atoms. The summed E-state index contributed by atoms with van der Waals surface area (Å²) in [6.45, 7) is 4.38. The Morgan fingerprint density at radius 1 is 1.35 bits per heavy atom. The van der Waals surface area contributed by atoms with E-state index < -0.39 is 0 Å². The van der Waals surface area contributed by atoms with Crippen molar-refractivity contribution in [3.63, 3.8) is 0 Å². The molecule has 1 aromatic carbocycles. The largest absolute Gasteiger partial charge is 0.346 e. The first-order valence-corrected chi connectivity index (χ1v) is 8.28. The maximum absolute atomic E-state index is 6.15. The van der Waals surface area contributed by atoms with Crippen LogP contribution in [-0.4, -0.2) is 9.97 Å². The number of halogens is 1. The van der Waals surface area contributed by atoms with Gasteiger partial charge in [0.2, 0.25) is 0 Å². The van der Waals surface area contributed by atoms with Gasteiger partial charge in [-0.3, -0.25) is 0 Å². The fourth-order valence-electron chi connectivity index (χ4n) is 1.89. The van der Waals surface area contributed by atoms with Gasteiger partial charge in [-0.05, 0) is 30.5 Å². The highest BCUT2D eigenvalue weighted by Gasteiger charge is 2.05. The van der Waals surface area contributed by atoms with E-state index in [1.54, 1.807) is 11.8 Å². The maximum atomic E-state index is 6.15. The van der Waals surface area contributed by atoms with Crippen molar-refractivity contribution in [3.05, 3.63) is 51.5 Å². The standard InChI is InChI=1S/C15H17ClN2S2/c1-10(2)7-11-8-15(19)18-14(17-11)9-20-13-6-4-3-5-12(13)16/h3-6,8,10H,7,9H2,1-2H3,(H,17,18,19). The molecular weight excluding hydrogens is 308 g/mol. The van der Waals surface area contributed by atoms with Crippen molar-refractivity contribution in [1.82, 2.24) is 9.97 Å². The van der Waals surface area contributed by atoms with Crippen LogP contribution in [0.5, 0.6) is 0 Å². The van der Waals surface area contributed by atoms with Gasteiger partial charge in [-0.1, -0.05) is 49.8 Å². The average molecular weight is 325 g/mol. The summed E-state index contributed by atoms with van der Waals surface area (Å²) >= 11 is 13.0. The third-order valence-electron chi connectivity index (χ3n) is 2.68. The normalized spacial score (nSPS) is 11.0. The van der Waals surface area contributed by atoms with E-state index in [0.717, 1.165) is 33.6 Å². The highest BCUT2D eigenvalue weighted by Crippen LogP contribution is 2.28. The van der Waals surface area contributed by atoms with Crippen LogP contribution in [0.1, 0.15) is 25.4 Å². The summed E-state index contributed by atoms with van der Waals surface area (Å²) in [6.07, 6.45) is 0.982. The zero-order chi connectivity index (χ0) is 14.5. The number of hydrogen-bond donors (Lipinski definition) is 1. The summed E-state index contributed by atoms with van der Waals surface area (Å²) in [5, 5.41) is 0.773. The average Bonchev–Trinajstić information content (AvgIpc) is 2.36. The molecule has 1 heterocycles. The lowest BCUT2D eigenvalue weighted by Gasteiger charge is -2.08. The molecule has 0 atom stereocenters. The molecule has 0 bridgehead atoms. The lowest BCUT2D eigenvalue weighted by molar-refractivity contribution is 0.631. The van der Waals surface area contributed by atoms with Gasteiger partial charge in [0.25, 0.3) is 0 Å². The Morgan fingerprint density at radius 2 is 2.10 bits per heavy atom. The monoisotopic (exact) mass is 324 g/mol. The zero-order valence-electron chi connectivity index (χ0n) is 11.5. The van der Waals surface area contributed by atoms with Crippen molar-refractivity contribution >= 4 is 35.6 Å². The molecule has 5 heteroatoms. The third kappa shape index (κ3) is 4.62. The first-order valence-electron chi connectivity index (χ1n) is 6.51. The summed E-state index contributed by atoms with van der Waals surface area (Å²) in [4.78, 5) is 8.81. The molecule has 2 rings (SSSR count). The smallest absolute Gasteiger partial charge is 0.130 e. The van der Waals surface area contributed by atoms with E-state index in [9.17, 15) is 0 Å². The van der Waals surface area contributed by atoms with Gasteiger partial charge in [-0.15, -0.1) is 11.8 Å². The Morgan fingerprint density at radius 3 is 2.80 bits per heavy atom. The summed E-state index contributed by atoms with van der Waals surface area (Å²) in [5.41, 5.74) is 1.15. The topological polar surface area (TPSA) is 28.7 Å². The van der Waals surface area contributed by atoms with Crippen LogP contribution in [0, 0.1) is 10.6 Å². The molecule has 0 spiro atoms. The van der Waals surface area contributed by atoms with Crippen LogP contribution in [0.3, 0.4) is 0 Å². The molecule has 2 aromatic rings. The number of nitrogens with zero attached hydrogens (tertiary/aromatic N) is 1. The highest BCUT2D eigenvalue weighted by molar-refractivity contribution is 7.98. The molecule has 2 nitrogen and oxygen atoms in total. The van der Waals surface area contributed by atoms with Crippen LogP contribution in [0.15, 0.2) is 35.2 Å². The van der Waals surface area contributed by atoms with Crippen LogP contribution in [0.4, 0.5) is 0 Å². The number of thioether (sulfide) groups is 1. The van der Waals surface area contributed by atoms with E-state index >= 15 is 0 Å². The number of nitrogens with one attached hydrogen (secondary N) is 1. The van der Waals surface area contributed by atoms with Crippen molar-refractivity contribution in [2.24, 2.45) is 5.92 Å². The van der Waals surface area contributed by atoms with Gasteiger partial charge in [-0.25, -0.2) is 4.98 Å². The molecule has 1 N–H and O–H groups in total. The second kappa shape index (κ2) is 7.25. The number of benzene rings is 1. The van der Waals surface area contributed by atoms with Gasteiger partial charge < -0.3 is 4.98 Å². The van der Waals surface area contributed by atoms with E-state index in [1.165, 1.54) is 0 Å². The molecule has 0 aliphatic heterocycles. The molecule has 0 radical (unpaired) electrons. The molecule has 0 aliphatic carbocycles. The molecule has 106 valence electrons. The van der Waals surface area contributed by atoms with Crippen molar-refractivity contribution in [1.29, 1.82) is 0 Å². The summed E-state index contributed by atoms with van der Waals surface area (Å²) in [7, 11) is 0. The minimum Gasteiger partial charge on any atom is -0.346 e. The second-order valence-electron chi connectivity index (χ2n) is 5.01. The van der Waals surface area contributed by atoms with Crippen LogP contribution in [-0.2, 0) is 12.2 Å². The van der Waals surface area contributed by atoms with Crippen LogP contribution >= 0.6 is 35.6 Å². The Kier molecular flexibility index (Phi) is 5.64. The molecule has 0 saturated heterocycles. The van der Waals surface area contributed by atoms with Crippen molar-refractivity contribution in [2.75, 3.05) is 0 Å². The van der Waals surface area contributed by atoms with E-state index in [1.807, 2.05) is 30.3 Å². The number of rotatable bonds is 5. The minimum absolute atomic E-state index is 0.590. The van der Waals surface area contributed by atoms with E-state index in [-0.39, 0.29) is 0 Å². The molecule has 0 fully saturated rings. The van der Waals surface area contributed by atoms with Crippen LogP contribution in [0.2, 0.25) is 5.02 Å². The molecule has 0 saturated carbocycles. The van der Waals surface area contributed by atoms with Gasteiger partial charge in [0.15, 0.2) is 0 Å². The molecule has 0 unspecified atom stereocenters. The highest BCUT2D eigenvalue weighted by atomic mass is 35.5. The van der Waals surface area contributed by atoms with Gasteiger partial charge in [0.1, 0.15) is 10.5 Å². The fraction of sp³-hybridized carbons (Fsp3) is 0.333. The zero-order valence-corrected chi connectivity index (χ0v) is 13.9. The molecule has 0 amide bonds. The summed E-state index contributed by atoms with van der Waals surface area (Å²) in [6, 6.07) is 9.77. The first kappa shape index (κ1) is 15.5. The van der Waals surface area contributed by atoms with Gasteiger partial charge in [-0.2, -0.15) is 0 Å². The summed E-state index contributed by atoms with van der Waals surface area (Å²) < 4.78 is 0.647. The number of aromatic amines is 1. The van der Waals surface area contributed by atoms with E-state index in [0.29, 0.717) is 10.6 Å². The van der Waals surface area contributed by atoms with Gasteiger partial charge in [0.05, 0.1) is 10.8 Å². The predicted octanol–water partition coefficient (Wildman–Crippen LogP) is 5.28. The second-order valence-corrected chi connectivity index (χ2v) is 6.85. The Bertz CT molecular complexity index is 638. The van der Waals surface area contributed by atoms with Gasteiger partial charge >= 0.3 is 0 Å². The Labute approximate surface area is 134 Å². The predicted molar refractivity (Wildman–Crippen MR) is 89.0 cm³/mol. The van der Waals surface area contributed by atoms with E-state index in [4.69, 9.17) is 23.8 Å². The third-order valence-corrected chi connectivity index (χ3v) is 4.41. The SMILES string of the molecule is CC(C)Cc1cc(=S)nc(CSc2ccccc2Cl)[nH]1. The summed E-state index contributed by atoms with van der Waals surface area (Å²) in [5.74, 6) is 2.23. The number of hydrogen-bond acceptors (Lipinski definition) is 3. The number of H-pyrrole nitrogens is 1. The molecular formula is C15H17ClN2S2. The van der Waals surface area contributed by atoms with Gasteiger partial charge in [0, 0.05) is 10.6 Å². The lowest BCUT2D eigenvalue weighted by atomic mass is 10.1. The maximum Gasteiger partial charge on any atom is 0.130 e. The van der Waals surface area contributed by atoms with Crippen molar-refractivity contribution in [2.45, 2.75) is 30.9 Å². The lowest BCUT2D eigenvalue weighted by Crippen LogP contribution is -2.02. The number of aromatic nitrogens is 2. The van der Waals surface area contributed by atoms with Crippen molar-refractivity contribution < 1.29 is 0 Å². The fourth-order valence-corrected chi connectivity index (χ4v) is 3.25. The molecule has 0 aliphatic rings. The quantitative estimate of drug-likeness (QED) is 0.599. The van der Waals surface area contributed by atoms with E-state index in [2.05, 4.69) is 23.8 Å². The van der Waals surface area contributed by atoms with Crippen LogP contribution in [0.25, 0.3) is 0 Å².